The van der Waals surface area contributed by atoms with E-state index in [0.717, 1.165) is 24.8 Å². The third-order valence-corrected chi connectivity index (χ3v) is 5.03. The second-order valence-corrected chi connectivity index (χ2v) is 7.34. The summed E-state index contributed by atoms with van der Waals surface area (Å²) in [5, 5.41) is 8.53. The quantitative estimate of drug-likeness (QED) is 0.144. The molecule has 6 nitrogen and oxygen atoms in total. The summed E-state index contributed by atoms with van der Waals surface area (Å²) in [5.41, 5.74) is 1.50. The molecule has 176 valence electrons. The van der Waals surface area contributed by atoms with Crippen molar-refractivity contribution in [2.75, 3.05) is 13.2 Å². The fraction of sp³-hybridized carbons (Fsp3) is 0.500. The Balaban J connectivity index is 0.000000463. The Bertz CT molecular complexity index is 731. The van der Waals surface area contributed by atoms with Crippen molar-refractivity contribution < 1.29 is 23.8 Å². The van der Waals surface area contributed by atoms with Gasteiger partial charge in [0.2, 0.25) is 0 Å². The molecular weight excluding hydrogens is 406 g/mol. The highest BCUT2D eigenvalue weighted by Crippen LogP contribution is 2.54. The van der Waals surface area contributed by atoms with Crippen LogP contribution in [-0.4, -0.2) is 31.4 Å². The summed E-state index contributed by atoms with van der Waals surface area (Å²) in [6.07, 6.45) is 15.4. The molecule has 2 aliphatic rings. The van der Waals surface area contributed by atoms with E-state index in [9.17, 15) is 9.59 Å². The monoisotopic (exact) mass is 443 g/mol. The highest BCUT2D eigenvalue weighted by atomic mass is 16.7. The number of fused-ring (bicyclic) bond motifs is 2. The molecule has 0 aromatic heterocycles. The van der Waals surface area contributed by atoms with Crippen LogP contribution in [0.1, 0.15) is 52.9 Å². The summed E-state index contributed by atoms with van der Waals surface area (Å²) < 4.78 is 14.3. The fourth-order valence-electron chi connectivity index (χ4n) is 3.51. The number of carbonyl (C=O) groups excluding carboxylic acids is 2. The first-order valence-electron chi connectivity index (χ1n) is 11.0. The van der Waals surface area contributed by atoms with Gasteiger partial charge in [-0.15, -0.1) is 0 Å². The highest BCUT2D eigenvalue weighted by Gasteiger charge is 2.43. The molecule has 0 amide bonds. The third-order valence-electron chi connectivity index (χ3n) is 5.03. The van der Waals surface area contributed by atoms with Crippen molar-refractivity contribution in [3.8, 4) is 6.07 Å². The topological polar surface area (TPSA) is 85.6 Å². The lowest BCUT2D eigenvalue weighted by molar-refractivity contribution is -0.167. The molecular formula is C26H37NO5. The van der Waals surface area contributed by atoms with E-state index in [0.29, 0.717) is 13.2 Å². The first kappa shape index (κ1) is 29.1. The lowest BCUT2D eigenvalue weighted by Crippen LogP contribution is -2.16. The largest absolute Gasteiger partial charge is 0.463 e. The molecule has 0 spiro atoms. The lowest BCUT2D eigenvalue weighted by atomic mass is 9.80. The van der Waals surface area contributed by atoms with Gasteiger partial charge in [0.05, 0.1) is 12.7 Å². The molecule has 0 aliphatic heterocycles. The van der Waals surface area contributed by atoms with Crippen LogP contribution in [0, 0.1) is 22.7 Å². The molecule has 0 heterocycles. The van der Waals surface area contributed by atoms with Crippen molar-refractivity contribution in [1.29, 1.82) is 5.26 Å². The van der Waals surface area contributed by atoms with Crippen molar-refractivity contribution in [3.05, 3.63) is 61.8 Å². The van der Waals surface area contributed by atoms with Crippen LogP contribution < -0.4 is 0 Å². The van der Waals surface area contributed by atoms with Crippen molar-refractivity contribution >= 4 is 11.9 Å². The Morgan fingerprint density at radius 1 is 1.28 bits per heavy atom. The summed E-state index contributed by atoms with van der Waals surface area (Å²) in [7, 11) is 0. The maximum Gasteiger partial charge on any atom is 0.332 e. The number of nitriles is 1. The van der Waals surface area contributed by atoms with E-state index in [-0.39, 0.29) is 11.4 Å². The predicted octanol–water partition coefficient (Wildman–Crippen LogP) is 5.59. The highest BCUT2D eigenvalue weighted by molar-refractivity contribution is 5.81. The Hall–Kier alpha value is -2.91. The Morgan fingerprint density at radius 2 is 1.97 bits per heavy atom. The number of carbonyl (C=O) groups is 2. The molecule has 1 saturated carbocycles. The SMILES string of the molecule is C=CC(=O)OC(C)OCC.C=CC(=O)OCCCC.C=CC1=CC2CCC1(C=CC#N)C2. The zero-order chi connectivity index (χ0) is 24.4. The van der Waals surface area contributed by atoms with Crippen molar-refractivity contribution in [1.82, 2.24) is 0 Å². The summed E-state index contributed by atoms with van der Waals surface area (Å²) in [5.74, 6) is -0.0549. The predicted molar refractivity (Wildman–Crippen MR) is 126 cm³/mol. The van der Waals surface area contributed by atoms with Crippen LogP contribution in [0.25, 0.3) is 0 Å². The molecule has 32 heavy (non-hydrogen) atoms. The van der Waals surface area contributed by atoms with Gasteiger partial charge in [-0.25, -0.2) is 9.59 Å². The van der Waals surface area contributed by atoms with Gasteiger partial charge in [-0.2, -0.15) is 5.26 Å². The molecule has 2 aliphatic carbocycles. The molecule has 0 N–H and O–H groups in total. The Labute approximate surface area is 192 Å². The summed E-state index contributed by atoms with van der Waals surface area (Å²) >= 11 is 0. The van der Waals surface area contributed by atoms with Gasteiger partial charge in [0.15, 0.2) is 6.29 Å². The summed E-state index contributed by atoms with van der Waals surface area (Å²) in [6.45, 7) is 16.9. The van der Waals surface area contributed by atoms with Gasteiger partial charge in [-0.3, -0.25) is 0 Å². The normalized spacial score (nSPS) is 20.9. The van der Waals surface area contributed by atoms with E-state index in [1.165, 1.54) is 30.9 Å². The summed E-state index contributed by atoms with van der Waals surface area (Å²) in [4.78, 5) is 20.8. The van der Waals surface area contributed by atoms with Crippen molar-refractivity contribution in [2.45, 2.75) is 59.2 Å². The second kappa shape index (κ2) is 16.7. The number of nitrogens with zero attached hydrogens (tertiary/aromatic N) is 1. The Morgan fingerprint density at radius 3 is 2.47 bits per heavy atom. The van der Waals surface area contributed by atoms with Crippen LogP contribution in [-0.2, 0) is 23.8 Å². The van der Waals surface area contributed by atoms with Crippen LogP contribution >= 0.6 is 0 Å². The average Bonchev–Trinajstić information content (AvgIpc) is 3.37. The van der Waals surface area contributed by atoms with E-state index in [1.807, 2.05) is 19.9 Å². The van der Waals surface area contributed by atoms with E-state index < -0.39 is 12.3 Å². The second-order valence-electron chi connectivity index (χ2n) is 7.34. The minimum Gasteiger partial charge on any atom is -0.463 e. The van der Waals surface area contributed by atoms with Gasteiger partial charge < -0.3 is 14.2 Å². The number of allylic oxidation sites excluding steroid dienone is 5. The number of rotatable bonds is 10. The van der Waals surface area contributed by atoms with Gasteiger partial charge in [0.1, 0.15) is 0 Å². The van der Waals surface area contributed by atoms with E-state index >= 15 is 0 Å². The smallest absolute Gasteiger partial charge is 0.332 e. The van der Waals surface area contributed by atoms with Crippen molar-refractivity contribution in [2.24, 2.45) is 11.3 Å². The molecule has 3 unspecified atom stereocenters. The van der Waals surface area contributed by atoms with Crippen LogP contribution in [0.4, 0.5) is 0 Å². The molecule has 0 aromatic rings. The number of esters is 2. The van der Waals surface area contributed by atoms with Crippen LogP contribution in [0.3, 0.4) is 0 Å². The number of hydrogen-bond acceptors (Lipinski definition) is 6. The summed E-state index contributed by atoms with van der Waals surface area (Å²) in [6, 6.07) is 2.07. The van der Waals surface area contributed by atoms with Gasteiger partial charge in [-0.1, -0.05) is 51.3 Å². The first-order valence-corrected chi connectivity index (χ1v) is 11.0. The fourth-order valence-corrected chi connectivity index (χ4v) is 3.51. The molecule has 0 aromatic carbocycles. The van der Waals surface area contributed by atoms with E-state index in [2.05, 4.69) is 47.4 Å². The maximum absolute atomic E-state index is 10.5. The van der Waals surface area contributed by atoms with Gasteiger partial charge in [-0.05, 0) is 51.0 Å². The lowest BCUT2D eigenvalue weighted by Gasteiger charge is -2.23. The molecule has 2 rings (SSSR count). The van der Waals surface area contributed by atoms with Crippen molar-refractivity contribution in [3.63, 3.8) is 0 Å². The third kappa shape index (κ3) is 10.9. The number of hydrogen-bond donors (Lipinski definition) is 0. The molecule has 0 radical (unpaired) electrons. The maximum atomic E-state index is 10.5. The van der Waals surface area contributed by atoms with E-state index in [4.69, 9.17) is 10.00 Å². The molecule has 2 bridgehead atoms. The first-order chi connectivity index (χ1) is 15.3. The van der Waals surface area contributed by atoms with Gasteiger partial charge >= 0.3 is 11.9 Å². The van der Waals surface area contributed by atoms with Crippen LogP contribution in [0.5, 0.6) is 0 Å². The zero-order valence-corrected chi connectivity index (χ0v) is 19.7. The minimum atomic E-state index is -0.476. The van der Waals surface area contributed by atoms with Crippen LogP contribution in [0.2, 0.25) is 0 Å². The number of ether oxygens (including phenoxy) is 3. The molecule has 0 saturated heterocycles. The zero-order valence-electron chi connectivity index (χ0n) is 19.7. The van der Waals surface area contributed by atoms with Crippen LogP contribution in [0.15, 0.2) is 61.8 Å². The molecule has 3 atom stereocenters. The average molecular weight is 444 g/mol. The minimum absolute atomic E-state index is 0.169. The van der Waals surface area contributed by atoms with Gasteiger partial charge in [0, 0.05) is 30.2 Å². The molecule has 6 heteroatoms. The van der Waals surface area contributed by atoms with Gasteiger partial charge in [0.25, 0.3) is 0 Å². The molecule has 1 fully saturated rings. The number of unbranched alkanes of at least 4 members (excludes halogenated alkanes) is 1. The Kier molecular flexibility index (Phi) is 15.2. The standard InChI is InChI=1S/C12H13N.C7H12O3.C7H12O2/c1-2-11-8-10-4-6-12(11,9-10)5-3-7-13;1-4-7(8)10-6(3)9-5-2;1-3-5-6-9-7(8)4-2/h2-3,5,8,10H,1,4,6,9H2;4,6H,1,5H2,2-3H3;4H,2-3,5-6H2,1H3. The van der Waals surface area contributed by atoms with E-state index in [1.54, 1.807) is 13.0 Å².